The summed E-state index contributed by atoms with van der Waals surface area (Å²) in [5.41, 5.74) is 14.8. The van der Waals surface area contributed by atoms with E-state index < -0.39 is 0 Å². The largest absolute Gasteiger partial charge is 0.368 e. The van der Waals surface area contributed by atoms with Crippen LogP contribution in [0.3, 0.4) is 0 Å². The second-order valence-electron chi connectivity index (χ2n) is 15.4. The number of allylic oxidation sites excluding steroid dienone is 2. The molecular weight excluding hydrogens is 689 g/mol. The number of anilines is 2. The molecule has 56 heavy (non-hydrogen) atoms. The molecular formula is C49H44N6O. The Balaban J connectivity index is 1.27. The van der Waals surface area contributed by atoms with E-state index in [9.17, 15) is 0 Å². The number of carbonyl (C=O) groups is 1. The van der Waals surface area contributed by atoms with E-state index >= 15 is 4.79 Å². The van der Waals surface area contributed by atoms with Crippen molar-refractivity contribution in [3.8, 4) is 0 Å². The summed E-state index contributed by atoms with van der Waals surface area (Å²) in [4.78, 5) is 35.6. The summed E-state index contributed by atoms with van der Waals surface area (Å²) in [5.74, 6) is 0.0132. The number of nitrogens with zero attached hydrogens (tertiary/aromatic N) is 6. The van der Waals surface area contributed by atoms with Crippen LogP contribution in [-0.2, 0) is 30.7 Å². The van der Waals surface area contributed by atoms with Gasteiger partial charge >= 0.3 is 0 Å². The molecule has 4 aromatic carbocycles. The van der Waals surface area contributed by atoms with E-state index in [1.165, 1.54) is 22.3 Å². The first-order valence-corrected chi connectivity index (χ1v) is 19.7. The van der Waals surface area contributed by atoms with Crippen LogP contribution in [0, 0.1) is 0 Å². The van der Waals surface area contributed by atoms with Crippen molar-refractivity contribution in [2.45, 2.75) is 38.0 Å². The third-order valence-electron chi connectivity index (χ3n) is 12.3. The number of pyridine rings is 2. The van der Waals surface area contributed by atoms with Crippen LogP contribution in [0.25, 0.3) is 11.1 Å². The highest BCUT2D eigenvalue weighted by Crippen LogP contribution is 2.52. The smallest absolute Gasteiger partial charge is 0.198 e. The fourth-order valence-electron chi connectivity index (χ4n) is 9.67. The standard InChI is InChI=1S/C49H44N6O/c1-52-41-21-25-50-29-39(41)43(47(45(52)35-15-5-3-6-16-35)54-27-23-33-13-9-11-19-37(33)31-54)49(56)44-40-30-51-26-22-42(40)53(2)46(36-17-7-4-8-18-36)48(44)55-28-24-34-14-10-12-20-38(34)32-55/h3-22,25-26,29-30,45-46H,23-24,27-28,31-32H2,1-2H3. The Hall–Kier alpha value is -6.47. The molecule has 2 atom stereocenters. The molecule has 0 amide bonds. The molecule has 7 nitrogen and oxygen atoms in total. The van der Waals surface area contributed by atoms with Crippen molar-refractivity contribution in [3.63, 3.8) is 0 Å². The maximum atomic E-state index is 16.6. The Labute approximate surface area is 328 Å². The number of hydrogen-bond donors (Lipinski definition) is 0. The van der Waals surface area contributed by atoms with Crippen molar-refractivity contribution in [1.29, 1.82) is 0 Å². The third-order valence-corrected chi connectivity index (χ3v) is 12.3. The van der Waals surface area contributed by atoms with Gasteiger partial charge in [0.1, 0.15) is 0 Å². The topological polar surface area (TPSA) is 55.8 Å². The van der Waals surface area contributed by atoms with Gasteiger partial charge in [-0.2, -0.15) is 0 Å². The zero-order chi connectivity index (χ0) is 37.8. The Kier molecular flexibility index (Phi) is 8.51. The molecule has 4 aliphatic heterocycles. The van der Waals surface area contributed by atoms with Crippen molar-refractivity contribution in [2.24, 2.45) is 0 Å². The van der Waals surface area contributed by atoms with Gasteiger partial charge in [0.25, 0.3) is 0 Å². The highest BCUT2D eigenvalue weighted by Gasteiger charge is 2.44. The number of hydrogen-bond acceptors (Lipinski definition) is 7. The van der Waals surface area contributed by atoms with E-state index in [2.05, 4.69) is 155 Å². The minimum atomic E-state index is -0.203. The summed E-state index contributed by atoms with van der Waals surface area (Å²) < 4.78 is 0. The van der Waals surface area contributed by atoms with E-state index in [4.69, 9.17) is 9.97 Å². The van der Waals surface area contributed by atoms with Crippen molar-refractivity contribution >= 4 is 28.3 Å². The second-order valence-corrected chi connectivity index (χ2v) is 15.4. The summed E-state index contributed by atoms with van der Waals surface area (Å²) in [6.45, 7) is 3.05. The summed E-state index contributed by atoms with van der Waals surface area (Å²) in [6.07, 6.45) is 9.31. The molecule has 4 aliphatic rings. The van der Waals surface area contributed by atoms with Crippen molar-refractivity contribution in [2.75, 3.05) is 37.0 Å². The number of rotatable bonds is 6. The van der Waals surface area contributed by atoms with Gasteiger partial charge in [-0.15, -0.1) is 0 Å². The summed E-state index contributed by atoms with van der Waals surface area (Å²) in [7, 11) is 4.32. The fraction of sp³-hybridized carbons (Fsp3) is 0.204. The summed E-state index contributed by atoms with van der Waals surface area (Å²) in [6, 6.07) is 42.6. The zero-order valence-corrected chi connectivity index (χ0v) is 31.8. The lowest BCUT2D eigenvalue weighted by Gasteiger charge is -2.47. The number of carbonyl (C=O) groups excluding carboxylic acids is 1. The highest BCUT2D eigenvalue weighted by molar-refractivity contribution is 6.44. The van der Waals surface area contributed by atoms with Crippen LogP contribution in [0.4, 0.5) is 11.4 Å². The molecule has 10 rings (SSSR count). The normalized spacial score (nSPS) is 19.0. The molecule has 0 saturated heterocycles. The lowest BCUT2D eigenvalue weighted by atomic mass is 9.79. The molecule has 6 aromatic rings. The minimum absolute atomic E-state index is 0.0132. The molecule has 2 aromatic heterocycles. The molecule has 276 valence electrons. The Morgan fingerprint density at radius 3 is 1.34 bits per heavy atom. The van der Waals surface area contributed by atoms with Crippen LogP contribution in [0.5, 0.6) is 0 Å². The van der Waals surface area contributed by atoms with Crippen molar-refractivity contribution in [1.82, 2.24) is 19.8 Å². The average Bonchev–Trinajstić information content (AvgIpc) is 3.26. The van der Waals surface area contributed by atoms with Gasteiger partial charge in [0, 0.05) is 87.6 Å². The van der Waals surface area contributed by atoms with E-state index in [0.717, 1.165) is 95.2 Å². The van der Waals surface area contributed by atoms with Crippen LogP contribution in [0.15, 0.2) is 158 Å². The zero-order valence-electron chi connectivity index (χ0n) is 31.8. The molecule has 0 spiro atoms. The molecule has 2 unspecified atom stereocenters. The maximum Gasteiger partial charge on any atom is 0.198 e. The average molecular weight is 733 g/mol. The molecule has 6 heterocycles. The SMILES string of the molecule is CN1c2ccncc2C(C(=O)C2=C(N3CCc4ccccc4C3)C(c3ccccc3)N(C)c3ccncc32)=C(N2CCc3ccccc3C2)C1c1ccccc1. The van der Waals surface area contributed by atoms with Crippen molar-refractivity contribution in [3.05, 3.63) is 202 Å². The highest BCUT2D eigenvalue weighted by atomic mass is 16.1. The van der Waals surface area contributed by atoms with Crippen LogP contribution in [-0.4, -0.2) is 52.7 Å². The van der Waals surface area contributed by atoms with Crippen LogP contribution >= 0.6 is 0 Å². The number of Topliss-reactive ketones (excluding diaryl/α,β-unsaturated/α-hetero) is 1. The molecule has 7 heteroatoms. The first-order chi connectivity index (χ1) is 27.6. The molecule has 0 bridgehead atoms. The number of likely N-dealkylation sites (N-methyl/N-ethyl adjacent to an activating group) is 2. The van der Waals surface area contributed by atoms with Gasteiger partial charge in [-0.25, -0.2) is 0 Å². The van der Waals surface area contributed by atoms with Gasteiger partial charge in [-0.05, 0) is 58.4 Å². The molecule has 0 radical (unpaired) electrons. The molecule has 0 N–H and O–H groups in total. The molecule has 0 saturated carbocycles. The number of aromatic nitrogens is 2. The Bertz CT molecular complexity index is 2350. The third kappa shape index (κ3) is 5.60. The van der Waals surface area contributed by atoms with Crippen molar-refractivity contribution < 1.29 is 4.79 Å². The Morgan fingerprint density at radius 2 is 0.911 bits per heavy atom. The summed E-state index contributed by atoms with van der Waals surface area (Å²) in [5, 5.41) is 0. The first-order valence-electron chi connectivity index (χ1n) is 19.7. The van der Waals surface area contributed by atoms with Crippen LogP contribution in [0.1, 0.15) is 56.6 Å². The maximum absolute atomic E-state index is 16.6. The van der Waals surface area contributed by atoms with Gasteiger partial charge in [0.2, 0.25) is 0 Å². The van der Waals surface area contributed by atoms with E-state index in [0.29, 0.717) is 0 Å². The lowest BCUT2D eigenvalue weighted by Crippen LogP contribution is -2.43. The quantitative estimate of drug-likeness (QED) is 0.170. The predicted molar refractivity (Wildman–Crippen MR) is 224 cm³/mol. The van der Waals surface area contributed by atoms with Gasteiger partial charge < -0.3 is 19.6 Å². The second kappa shape index (κ2) is 14.0. The van der Waals surface area contributed by atoms with E-state index in [1.54, 1.807) is 0 Å². The minimum Gasteiger partial charge on any atom is -0.368 e. The number of benzene rings is 4. The van der Waals surface area contributed by atoms with Gasteiger partial charge in [0.05, 0.1) is 34.6 Å². The Morgan fingerprint density at radius 1 is 0.518 bits per heavy atom. The lowest BCUT2D eigenvalue weighted by molar-refractivity contribution is -0.109. The summed E-state index contributed by atoms with van der Waals surface area (Å²) >= 11 is 0. The number of fused-ring (bicyclic) bond motifs is 4. The van der Waals surface area contributed by atoms with Gasteiger partial charge in [0.15, 0.2) is 5.78 Å². The van der Waals surface area contributed by atoms with E-state index in [1.807, 2.05) is 24.8 Å². The molecule has 0 fully saturated rings. The fourth-order valence-corrected chi connectivity index (χ4v) is 9.67. The monoisotopic (exact) mass is 732 g/mol. The predicted octanol–water partition coefficient (Wildman–Crippen LogP) is 8.67. The van der Waals surface area contributed by atoms with E-state index in [-0.39, 0.29) is 17.9 Å². The van der Waals surface area contributed by atoms with Gasteiger partial charge in [-0.3, -0.25) is 14.8 Å². The van der Waals surface area contributed by atoms with Crippen LogP contribution < -0.4 is 9.80 Å². The first kappa shape index (κ1) is 34.1. The number of ketones is 1. The molecule has 0 aliphatic carbocycles. The van der Waals surface area contributed by atoms with Gasteiger partial charge in [-0.1, -0.05) is 109 Å². The van der Waals surface area contributed by atoms with Crippen LogP contribution in [0.2, 0.25) is 0 Å².